The topological polar surface area (TPSA) is 26.0 Å². The maximum atomic E-state index is 6.03. The molecule has 2 aliphatic rings. The Balaban J connectivity index is 2.18. The maximum Gasteiger partial charge on any atom is 0.0348 e. The average Bonchev–Trinajstić information content (AvgIpc) is 2.17. The van der Waals surface area contributed by atoms with Gasteiger partial charge in [-0.25, -0.2) is 0 Å². The molecule has 15 heavy (non-hydrogen) atoms. The van der Waals surface area contributed by atoms with Crippen LogP contribution in [0.3, 0.4) is 0 Å². The van der Waals surface area contributed by atoms with Crippen molar-refractivity contribution in [2.24, 2.45) is 5.73 Å². The second-order valence-electron chi connectivity index (χ2n) is 4.89. The molecule has 0 aliphatic heterocycles. The minimum atomic E-state index is -0.155. The Morgan fingerprint density at radius 2 is 2.07 bits per heavy atom. The lowest BCUT2D eigenvalue weighted by molar-refractivity contribution is 0.587. The highest BCUT2D eigenvalue weighted by atomic mass is 14.7. The standard InChI is InChI=1S/C14H19N/c1-11-4-3-5-13(10-11)12-6-8-14(2,15)9-7-12/h5-8,10H,3-4,9,15H2,1-2H3. The van der Waals surface area contributed by atoms with Crippen molar-refractivity contribution in [3.8, 4) is 0 Å². The Bertz CT molecular complexity index is 378. The van der Waals surface area contributed by atoms with Crippen molar-refractivity contribution in [3.05, 3.63) is 47.1 Å². The first kappa shape index (κ1) is 10.4. The quantitative estimate of drug-likeness (QED) is 0.692. The zero-order chi connectivity index (χ0) is 10.9. The van der Waals surface area contributed by atoms with Crippen molar-refractivity contribution in [2.45, 2.75) is 38.6 Å². The zero-order valence-corrected chi connectivity index (χ0v) is 9.59. The lowest BCUT2D eigenvalue weighted by Crippen LogP contribution is -2.34. The molecule has 1 unspecified atom stereocenters. The molecule has 1 nitrogen and oxygen atoms in total. The van der Waals surface area contributed by atoms with Crippen LogP contribution in [0.5, 0.6) is 0 Å². The normalized spacial score (nSPS) is 30.7. The van der Waals surface area contributed by atoms with E-state index in [0.29, 0.717) is 0 Å². The number of nitrogens with two attached hydrogens (primary N) is 1. The van der Waals surface area contributed by atoms with Gasteiger partial charge in [-0.15, -0.1) is 0 Å². The van der Waals surface area contributed by atoms with Gasteiger partial charge in [0, 0.05) is 5.54 Å². The van der Waals surface area contributed by atoms with E-state index in [2.05, 4.69) is 44.2 Å². The molecule has 0 aromatic heterocycles. The van der Waals surface area contributed by atoms with Gasteiger partial charge in [0.1, 0.15) is 0 Å². The van der Waals surface area contributed by atoms with E-state index in [1.807, 2.05) is 0 Å². The molecule has 0 aromatic carbocycles. The molecular weight excluding hydrogens is 182 g/mol. The van der Waals surface area contributed by atoms with Crippen LogP contribution in [-0.4, -0.2) is 5.54 Å². The zero-order valence-electron chi connectivity index (χ0n) is 9.59. The minimum Gasteiger partial charge on any atom is -0.322 e. The molecule has 2 rings (SSSR count). The first-order chi connectivity index (χ1) is 7.07. The van der Waals surface area contributed by atoms with Gasteiger partial charge in [0.25, 0.3) is 0 Å². The Morgan fingerprint density at radius 3 is 2.67 bits per heavy atom. The molecule has 0 saturated carbocycles. The largest absolute Gasteiger partial charge is 0.322 e. The molecule has 0 spiro atoms. The first-order valence-electron chi connectivity index (χ1n) is 5.63. The van der Waals surface area contributed by atoms with Gasteiger partial charge in [0.05, 0.1) is 0 Å². The molecular formula is C14H19N. The highest BCUT2D eigenvalue weighted by Crippen LogP contribution is 2.27. The highest BCUT2D eigenvalue weighted by molar-refractivity contribution is 5.50. The van der Waals surface area contributed by atoms with Crippen molar-refractivity contribution in [1.29, 1.82) is 0 Å². The fourth-order valence-electron chi connectivity index (χ4n) is 2.01. The van der Waals surface area contributed by atoms with Gasteiger partial charge in [0.15, 0.2) is 0 Å². The summed E-state index contributed by atoms with van der Waals surface area (Å²) in [5.41, 5.74) is 10.0. The summed E-state index contributed by atoms with van der Waals surface area (Å²) in [4.78, 5) is 0. The van der Waals surface area contributed by atoms with Gasteiger partial charge in [-0.05, 0) is 44.3 Å². The van der Waals surface area contributed by atoms with Crippen molar-refractivity contribution in [1.82, 2.24) is 0 Å². The Hall–Kier alpha value is -1.08. The fraction of sp³-hybridized carbons (Fsp3) is 0.429. The van der Waals surface area contributed by atoms with Crippen molar-refractivity contribution in [2.75, 3.05) is 0 Å². The molecule has 0 radical (unpaired) electrons. The summed E-state index contributed by atoms with van der Waals surface area (Å²) in [5.74, 6) is 0. The second kappa shape index (κ2) is 3.82. The predicted molar refractivity (Wildman–Crippen MR) is 65.5 cm³/mol. The Morgan fingerprint density at radius 1 is 1.27 bits per heavy atom. The summed E-state index contributed by atoms with van der Waals surface area (Å²) in [5, 5.41) is 0. The van der Waals surface area contributed by atoms with E-state index in [0.717, 1.165) is 6.42 Å². The van der Waals surface area contributed by atoms with Gasteiger partial charge < -0.3 is 5.73 Å². The number of hydrogen-bond acceptors (Lipinski definition) is 1. The van der Waals surface area contributed by atoms with E-state index < -0.39 is 0 Å². The van der Waals surface area contributed by atoms with E-state index in [4.69, 9.17) is 5.73 Å². The Kier molecular flexibility index (Phi) is 2.66. The summed E-state index contributed by atoms with van der Waals surface area (Å²) in [7, 11) is 0. The summed E-state index contributed by atoms with van der Waals surface area (Å²) in [6, 6.07) is 0. The van der Waals surface area contributed by atoms with Gasteiger partial charge in [-0.2, -0.15) is 0 Å². The number of allylic oxidation sites excluding steroid dienone is 6. The molecule has 0 heterocycles. The highest BCUT2D eigenvalue weighted by Gasteiger charge is 2.17. The first-order valence-corrected chi connectivity index (χ1v) is 5.63. The average molecular weight is 201 g/mol. The predicted octanol–water partition coefficient (Wildman–Crippen LogP) is 3.26. The van der Waals surface area contributed by atoms with Crippen LogP contribution in [0.15, 0.2) is 47.1 Å². The van der Waals surface area contributed by atoms with Crippen LogP contribution in [-0.2, 0) is 0 Å². The van der Waals surface area contributed by atoms with E-state index >= 15 is 0 Å². The second-order valence-corrected chi connectivity index (χ2v) is 4.89. The third kappa shape index (κ3) is 2.48. The van der Waals surface area contributed by atoms with Gasteiger partial charge >= 0.3 is 0 Å². The number of rotatable bonds is 1. The van der Waals surface area contributed by atoms with Crippen LogP contribution in [0.25, 0.3) is 0 Å². The Labute approximate surface area is 92.1 Å². The molecule has 0 saturated heterocycles. The smallest absolute Gasteiger partial charge is 0.0348 e. The van der Waals surface area contributed by atoms with Crippen LogP contribution < -0.4 is 5.73 Å². The van der Waals surface area contributed by atoms with E-state index in [1.54, 1.807) is 0 Å². The summed E-state index contributed by atoms with van der Waals surface area (Å²) in [6.07, 6.45) is 14.4. The molecule has 80 valence electrons. The summed E-state index contributed by atoms with van der Waals surface area (Å²) < 4.78 is 0. The molecule has 2 aliphatic carbocycles. The van der Waals surface area contributed by atoms with Crippen LogP contribution in [0, 0.1) is 0 Å². The third-order valence-corrected chi connectivity index (χ3v) is 3.04. The van der Waals surface area contributed by atoms with Crippen LogP contribution >= 0.6 is 0 Å². The van der Waals surface area contributed by atoms with Crippen molar-refractivity contribution in [3.63, 3.8) is 0 Å². The van der Waals surface area contributed by atoms with E-state index in [9.17, 15) is 0 Å². The van der Waals surface area contributed by atoms with Crippen LogP contribution in [0.1, 0.15) is 33.1 Å². The lowest BCUT2D eigenvalue weighted by atomic mass is 9.87. The molecule has 0 aromatic rings. The third-order valence-electron chi connectivity index (χ3n) is 3.04. The molecule has 0 fully saturated rings. The minimum absolute atomic E-state index is 0.155. The molecule has 0 amide bonds. The molecule has 2 N–H and O–H groups in total. The number of hydrogen-bond donors (Lipinski definition) is 1. The van der Waals surface area contributed by atoms with E-state index in [-0.39, 0.29) is 5.54 Å². The van der Waals surface area contributed by atoms with Gasteiger partial charge in [-0.1, -0.05) is 36.0 Å². The molecule has 1 atom stereocenters. The SMILES string of the molecule is CC1=CC(C2=CCC(C)(N)C=C2)=CCC1. The van der Waals surface area contributed by atoms with Crippen LogP contribution in [0.2, 0.25) is 0 Å². The van der Waals surface area contributed by atoms with E-state index in [1.165, 1.54) is 29.6 Å². The van der Waals surface area contributed by atoms with Crippen molar-refractivity contribution < 1.29 is 0 Å². The molecule has 1 heteroatoms. The van der Waals surface area contributed by atoms with Crippen LogP contribution in [0.4, 0.5) is 0 Å². The lowest BCUT2D eigenvalue weighted by Gasteiger charge is -2.24. The monoisotopic (exact) mass is 201 g/mol. The van der Waals surface area contributed by atoms with Gasteiger partial charge in [-0.3, -0.25) is 0 Å². The molecule has 0 bridgehead atoms. The maximum absolute atomic E-state index is 6.03. The fourth-order valence-corrected chi connectivity index (χ4v) is 2.01. The van der Waals surface area contributed by atoms with Gasteiger partial charge in [0.2, 0.25) is 0 Å². The summed E-state index contributed by atoms with van der Waals surface area (Å²) >= 11 is 0. The summed E-state index contributed by atoms with van der Waals surface area (Å²) in [6.45, 7) is 4.26. The van der Waals surface area contributed by atoms with Crippen molar-refractivity contribution >= 4 is 0 Å².